The fraction of sp³-hybridized carbons (Fsp3) is 0.455. The van der Waals surface area contributed by atoms with Gasteiger partial charge >= 0.3 is 0 Å². The SMILES string of the molecule is NC(=S)c1ccc(S(=O)(=O)N2CCCC(O)C2)cn1. The van der Waals surface area contributed by atoms with Crippen LogP contribution in [0.3, 0.4) is 0 Å². The second kappa shape index (κ2) is 5.49. The summed E-state index contributed by atoms with van der Waals surface area (Å²) >= 11 is 4.76. The number of rotatable bonds is 3. The molecular weight excluding hydrogens is 286 g/mol. The molecule has 0 aromatic carbocycles. The van der Waals surface area contributed by atoms with Crippen LogP contribution in [0, 0.1) is 0 Å². The van der Waals surface area contributed by atoms with Gasteiger partial charge in [0.05, 0.1) is 11.8 Å². The van der Waals surface area contributed by atoms with Gasteiger partial charge in [0.15, 0.2) is 0 Å². The fourth-order valence-electron chi connectivity index (χ4n) is 1.97. The van der Waals surface area contributed by atoms with Crippen molar-refractivity contribution in [1.29, 1.82) is 0 Å². The highest BCUT2D eigenvalue weighted by molar-refractivity contribution is 7.89. The minimum atomic E-state index is -3.61. The van der Waals surface area contributed by atoms with E-state index in [1.165, 1.54) is 22.6 Å². The lowest BCUT2D eigenvalue weighted by atomic mass is 10.1. The van der Waals surface area contributed by atoms with Gasteiger partial charge < -0.3 is 10.8 Å². The molecule has 19 heavy (non-hydrogen) atoms. The number of hydrogen-bond acceptors (Lipinski definition) is 5. The zero-order valence-electron chi connectivity index (χ0n) is 10.2. The molecule has 0 aliphatic carbocycles. The monoisotopic (exact) mass is 301 g/mol. The van der Waals surface area contributed by atoms with Crippen molar-refractivity contribution in [2.45, 2.75) is 23.8 Å². The summed E-state index contributed by atoms with van der Waals surface area (Å²) in [7, 11) is -3.61. The van der Waals surface area contributed by atoms with Crippen molar-refractivity contribution in [3.8, 4) is 0 Å². The molecule has 1 aromatic heterocycles. The van der Waals surface area contributed by atoms with Gasteiger partial charge in [-0.2, -0.15) is 4.31 Å². The number of nitrogens with zero attached hydrogens (tertiary/aromatic N) is 2. The van der Waals surface area contributed by atoms with Crippen molar-refractivity contribution < 1.29 is 13.5 Å². The number of aliphatic hydroxyl groups excluding tert-OH is 1. The zero-order chi connectivity index (χ0) is 14.0. The van der Waals surface area contributed by atoms with Crippen molar-refractivity contribution in [2.75, 3.05) is 13.1 Å². The summed E-state index contributed by atoms with van der Waals surface area (Å²) in [6.45, 7) is 0.538. The van der Waals surface area contributed by atoms with E-state index in [0.29, 0.717) is 25.1 Å². The molecule has 0 saturated carbocycles. The zero-order valence-corrected chi connectivity index (χ0v) is 11.8. The van der Waals surface area contributed by atoms with Gasteiger partial charge in [0.2, 0.25) is 10.0 Å². The van der Waals surface area contributed by atoms with E-state index in [1.54, 1.807) is 0 Å². The number of sulfonamides is 1. The van der Waals surface area contributed by atoms with Crippen LogP contribution in [0.15, 0.2) is 23.2 Å². The Morgan fingerprint density at radius 3 is 2.79 bits per heavy atom. The highest BCUT2D eigenvalue weighted by atomic mass is 32.2. The predicted molar refractivity (Wildman–Crippen MR) is 74.1 cm³/mol. The topological polar surface area (TPSA) is 96.5 Å². The Labute approximate surface area is 117 Å². The maximum atomic E-state index is 12.3. The van der Waals surface area contributed by atoms with Crippen LogP contribution in [-0.2, 0) is 10.0 Å². The number of hydrogen-bond donors (Lipinski definition) is 2. The number of thiocarbonyl (C=S) groups is 1. The van der Waals surface area contributed by atoms with E-state index in [-0.39, 0.29) is 16.4 Å². The number of piperidine rings is 1. The highest BCUT2D eigenvalue weighted by Gasteiger charge is 2.29. The van der Waals surface area contributed by atoms with Gasteiger partial charge in [0, 0.05) is 19.3 Å². The van der Waals surface area contributed by atoms with Gasteiger partial charge in [-0.3, -0.25) is 4.98 Å². The third-order valence-corrected chi connectivity index (χ3v) is 5.04. The molecule has 1 aromatic rings. The third-order valence-electron chi connectivity index (χ3n) is 2.99. The molecule has 1 aliphatic heterocycles. The van der Waals surface area contributed by atoms with Gasteiger partial charge in [-0.1, -0.05) is 12.2 Å². The first-order valence-electron chi connectivity index (χ1n) is 5.85. The Balaban J connectivity index is 2.26. The second-order valence-electron chi connectivity index (χ2n) is 4.40. The fourth-order valence-corrected chi connectivity index (χ4v) is 3.55. The molecule has 3 N–H and O–H groups in total. The van der Waals surface area contributed by atoms with E-state index in [1.807, 2.05) is 0 Å². The first kappa shape index (κ1) is 14.3. The Bertz CT molecular complexity index is 571. The molecule has 1 fully saturated rings. The lowest BCUT2D eigenvalue weighted by Crippen LogP contribution is -2.42. The molecule has 1 aliphatic rings. The quantitative estimate of drug-likeness (QED) is 0.754. The molecule has 1 atom stereocenters. The standard InChI is InChI=1S/C11H15N3O3S2/c12-11(18)10-4-3-9(6-13-10)19(16,17)14-5-1-2-8(15)7-14/h3-4,6,8,15H,1-2,5,7H2,(H2,12,18). The molecule has 2 rings (SSSR count). The normalized spacial score (nSPS) is 21.2. The summed E-state index contributed by atoms with van der Waals surface area (Å²) in [6, 6.07) is 2.91. The van der Waals surface area contributed by atoms with E-state index in [0.717, 1.165) is 0 Å². The summed E-state index contributed by atoms with van der Waals surface area (Å²) in [5, 5.41) is 9.55. The number of nitrogens with two attached hydrogens (primary N) is 1. The van der Waals surface area contributed by atoms with Crippen LogP contribution < -0.4 is 5.73 Å². The Morgan fingerprint density at radius 2 is 2.26 bits per heavy atom. The summed E-state index contributed by atoms with van der Waals surface area (Å²) < 4.78 is 25.9. The smallest absolute Gasteiger partial charge is 0.244 e. The van der Waals surface area contributed by atoms with Crippen LogP contribution in [-0.4, -0.2) is 47.0 Å². The van der Waals surface area contributed by atoms with Gasteiger partial charge in [-0.05, 0) is 25.0 Å². The maximum absolute atomic E-state index is 12.3. The van der Waals surface area contributed by atoms with Gasteiger partial charge in [0.1, 0.15) is 9.88 Å². The van der Waals surface area contributed by atoms with E-state index in [4.69, 9.17) is 18.0 Å². The lowest BCUT2D eigenvalue weighted by Gasteiger charge is -2.29. The van der Waals surface area contributed by atoms with Crippen molar-refractivity contribution in [3.05, 3.63) is 24.0 Å². The number of aromatic nitrogens is 1. The van der Waals surface area contributed by atoms with Crippen LogP contribution in [0.5, 0.6) is 0 Å². The molecule has 0 spiro atoms. The van der Waals surface area contributed by atoms with Crippen LogP contribution in [0.4, 0.5) is 0 Å². The molecule has 104 valence electrons. The van der Waals surface area contributed by atoms with Crippen LogP contribution >= 0.6 is 12.2 Å². The van der Waals surface area contributed by atoms with Crippen LogP contribution in [0.2, 0.25) is 0 Å². The molecule has 0 radical (unpaired) electrons. The first-order valence-corrected chi connectivity index (χ1v) is 7.70. The molecule has 0 bridgehead atoms. The number of aliphatic hydroxyl groups is 1. The average molecular weight is 301 g/mol. The molecule has 8 heteroatoms. The largest absolute Gasteiger partial charge is 0.392 e. The molecule has 1 saturated heterocycles. The van der Waals surface area contributed by atoms with E-state index in [2.05, 4.69) is 4.98 Å². The molecule has 2 heterocycles. The van der Waals surface area contributed by atoms with E-state index < -0.39 is 16.1 Å². The minimum absolute atomic E-state index is 0.0848. The highest BCUT2D eigenvalue weighted by Crippen LogP contribution is 2.20. The second-order valence-corrected chi connectivity index (χ2v) is 6.78. The Morgan fingerprint density at radius 1 is 1.53 bits per heavy atom. The van der Waals surface area contributed by atoms with E-state index >= 15 is 0 Å². The average Bonchev–Trinajstić information content (AvgIpc) is 2.39. The minimum Gasteiger partial charge on any atom is -0.392 e. The maximum Gasteiger partial charge on any atom is 0.244 e. The molecule has 0 amide bonds. The predicted octanol–water partition coefficient (Wildman–Crippen LogP) is -0.139. The van der Waals surface area contributed by atoms with Crippen molar-refractivity contribution >= 4 is 27.2 Å². The van der Waals surface area contributed by atoms with Gasteiger partial charge in [-0.15, -0.1) is 0 Å². The van der Waals surface area contributed by atoms with Gasteiger partial charge in [-0.25, -0.2) is 8.42 Å². The van der Waals surface area contributed by atoms with Gasteiger partial charge in [0.25, 0.3) is 0 Å². The summed E-state index contributed by atoms with van der Waals surface area (Å²) in [5.74, 6) is 0. The number of pyridine rings is 1. The Kier molecular flexibility index (Phi) is 4.14. The van der Waals surface area contributed by atoms with Crippen LogP contribution in [0.1, 0.15) is 18.5 Å². The van der Waals surface area contributed by atoms with Crippen molar-refractivity contribution in [2.24, 2.45) is 5.73 Å². The molecular formula is C11H15N3O3S2. The van der Waals surface area contributed by atoms with Crippen molar-refractivity contribution in [1.82, 2.24) is 9.29 Å². The summed E-state index contributed by atoms with van der Waals surface area (Å²) in [6.07, 6.45) is 1.92. The molecule has 1 unspecified atom stereocenters. The summed E-state index contributed by atoms with van der Waals surface area (Å²) in [5.41, 5.74) is 5.79. The Hall–Kier alpha value is -1.09. The first-order chi connectivity index (χ1) is 8.91. The van der Waals surface area contributed by atoms with Crippen molar-refractivity contribution in [3.63, 3.8) is 0 Å². The summed E-state index contributed by atoms with van der Waals surface area (Å²) in [4.78, 5) is 4.13. The number of β-amino-alcohol motifs (C(OH)–C–C–N with tert-alkyl or cyclic N) is 1. The lowest BCUT2D eigenvalue weighted by molar-refractivity contribution is 0.108. The van der Waals surface area contributed by atoms with E-state index in [9.17, 15) is 13.5 Å². The van der Waals surface area contributed by atoms with Crippen LogP contribution in [0.25, 0.3) is 0 Å². The molecule has 6 nitrogen and oxygen atoms in total. The third kappa shape index (κ3) is 3.08.